The molecule has 71 heavy (non-hydrogen) atoms. The summed E-state index contributed by atoms with van der Waals surface area (Å²) in [7, 11) is 0. The van der Waals surface area contributed by atoms with Gasteiger partial charge in [0.25, 0.3) is 0 Å². The summed E-state index contributed by atoms with van der Waals surface area (Å²) in [5.74, 6) is 1.75. The van der Waals surface area contributed by atoms with Crippen molar-refractivity contribution in [1.29, 1.82) is 0 Å². The Balaban J connectivity index is 1.07. The summed E-state index contributed by atoms with van der Waals surface area (Å²) in [5, 5.41) is 9.13. The largest absolute Gasteiger partial charge is 0.455 e. The zero-order valence-corrected chi connectivity index (χ0v) is 38.5. The highest BCUT2D eigenvalue weighted by molar-refractivity contribution is 6.22. The Kier molecular flexibility index (Phi) is 8.44. The van der Waals surface area contributed by atoms with Crippen molar-refractivity contribution in [1.82, 2.24) is 28.7 Å². The van der Waals surface area contributed by atoms with Gasteiger partial charge in [-0.15, -0.1) is 0 Å². The van der Waals surface area contributed by atoms with Crippen LogP contribution in [0.4, 0.5) is 0 Å². The molecule has 0 saturated carbocycles. The molecule has 0 saturated heterocycles. The molecule has 0 aliphatic rings. The van der Waals surface area contributed by atoms with E-state index < -0.39 is 0 Å². The number of aryl methyl sites for hydroxylation is 1. The molecule has 7 nitrogen and oxygen atoms in total. The van der Waals surface area contributed by atoms with Crippen LogP contribution < -0.4 is 0 Å². The Morgan fingerprint density at radius 2 is 0.789 bits per heavy atom. The summed E-state index contributed by atoms with van der Waals surface area (Å²) in [6.07, 6.45) is 0. The van der Waals surface area contributed by atoms with Crippen LogP contribution >= 0.6 is 0 Å². The maximum absolute atomic E-state index is 7.08. The molecular weight excluding hydrogens is 869 g/mol. The third-order valence-electron chi connectivity index (χ3n) is 14.4. The lowest BCUT2D eigenvalue weighted by Crippen LogP contribution is -2.03. The van der Waals surface area contributed by atoms with Crippen LogP contribution in [-0.2, 0) is 0 Å². The van der Waals surface area contributed by atoms with Gasteiger partial charge in [-0.1, -0.05) is 152 Å². The van der Waals surface area contributed by atoms with Crippen molar-refractivity contribution in [3.05, 3.63) is 230 Å². The van der Waals surface area contributed by atoms with E-state index in [1.54, 1.807) is 0 Å². The Morgan fingerprint density at radius 1 is 0.338 bits per heavy atom. The van der Waals surface area contributed by atoms with Gasteiger partial charge in [0.05, 0.1) is 49.7 Å². The minimum absolute atomic E-state index is 0.555. The smallest absolute Gasteiger partial charge is 0.168 e. The van der Waals surface area contributed by atoms with Crippen molar-refractivity contribution in [3.63, 3.8) is 0 Å². The monoisotopic (exact) mass is 908 g/mol. The lowest BCUT2D eigenvalue weighted by Gasteiger charge is -2.15. The highest BCUT2D eigenvalue weighted by atomic mass is 16.3. The van der Waals surface area contributed by atoms with E-state index in [2.05, 4.69) is 178 Å². The summed E-state index contributed by atoms with van der Waals surface area (Å²) in [5.41, 5.74) is 15.2. The number of nitrogens with zero attached hydrogens (tertiary/aromatic N) is 6. The van der Waals surface area contributed by atoms with Crippen molar-refractivity contribution < 1.29 is 4.42 Å². The lowest BCUT2D eigenvalue weighted by atomic mass is 10.0. The summed E-state index contributed by atoms with van der Waals surface area (Å²) < 4.78 is 14.4. The first kappa shape index (κ1) is 39.4. The molecule has 332 valence electrons. The number of furan rings is 1. The second-order valence-corrected chi connectivity index (χ2v) is 18.4. The highest BCUT2D eigenvalue weighted by Crippen LogP contribution is 2.46. The van der Waals surface area contributed by atoms with Crippen LogP contribution in [0.5, 0.6) is 0 Å². The maximum atomic E-state index is 7.08. The molecule has 0 N–H and O–H groups in total. The third-order valence-corrected chi connectivity index (χ3v) is 14.4. The van der Waals surface area contributed by atoms with E-state index in [1.165, 1.54) is 32.6 Å². The Labute approximate surface area is 406 Å². The van der Waals surface area contributed by atoms with Gasteiger partial charge in [0.2, 0.25) is 0 Å². The van der Waals surface area contributed by atoms with E-state index in [1.807, 2.05) is 66.7 Å². The summed E-state index contributed by atoms with van der Waals surface area (Å²) in [6.45, 7) is 2.15. The van der Waals surface area contributed by atoms with Gasteiger partial charge < -0.3 is 18.1 Å². The van der Waals surface area contributed by atoms with E-state index in [-0.39, 0.29) is 0 Å². The minimum atomic E-state index is 0.555. The summed E-state index contributed by atoms with van der Waals surface area (Å²) in [4.78, 5) is 15.5. The predicted octanol–water partition coefficient (Wildman–Crippen LogP) is 16.4. The number of fused-ring (bicyclic) bond motifs is 12. The Morgan fingerprint density at radius 3 is 1.41 bits per heavy atom. The molecule has 0 aliphatic heterocycles. The standard InChI is InChI=1S/C64H40N6O/c1-39-35-57(60-47-28-14-18-32-58(47)71-61(60)59(39)64-66-62(40-19-5-2-6-20-40)65-63(67-64)41-21-7-3-8-22-41)70-54-34-33-43(69-51-29-15-11-25-44(51)45-26-12-16-30-52(45)69)36-48(54)50-38-55-49(37-56(50)70)46-27-13-17-31-53(46)68(55)42-23-9-4-10-24-42/h2-38H,1H3. The fraction of sp³-hybridized carbons (Fsp3) is 0.0156. The van der Waals surface area contributed by atoms with Crippen molar-refractivity contribution in [2.45, 2.75) is 6.92 Å². The van der Waals surface area contributed by atoms with Crippen LogP contribution in [0.3, 0.4) is 0 Å². The first-order valence-corrected chi connectivity index (χ1v) is 24.0. The maximum Gasteiger partial charge on any atom is 0.168 e. The number of para-hydroxylation sites is 5. The molecule has 0 aliphatic carbocycles. The first-order chi connectivity index (χ1) is 35.1. The van der Waals surface area contributed by atoms with Crippen LogP contribution in [0, 0.1) is 6.92 Å². The van der Waals surface area contributed by atoms with Crippen molar-refractivity contribution >= 4 is 87.4 Å². The predicted molar refractivity (Wildman–Crippen MR) is 291 cm³/mol. The van der Waals surface area contributed by atoms with Crippen molar-refractivity contribution in [3.8, 4) is 51.2 Å². The molecule has 10 aromatic carbocycles. The van der Waals surface area contributed by atoms with Gasteiger partial charge in [-0.05, 0) is 85.3 Å². The second kappa shape index (κ2) is 15.2. The fourth-order valence-corrected chi connectivity index (χ4v) is 11.3. The van der Waals surface area contributed by atoms with Crippen LogP contribution in [0.2, 0.25) is 0 Å². The van der Waals surface area contributed by atoms with Crippen LogP contribution in [-0.4, -0.2) is 28.7 Å². The SMILES string of the molecule is Cc1cc(-n2c3ccc(-n4c5ccccc5c5ccccc54)cc3c3cc4c(cc32)c2ccccc2n4-c2ccccc2)c2c(oc3ccccc32)c1-c1nc(-c2ccccc2)nc(-c2ccccc2)n1. The zero-order chi connectivity index (χ0) is 46.7. The van der Waals surface area contributed by atoms with E-state index in [4.69, 9.17) is 19.4 Å². The summed E-state index contributed by atoms with van der Waals surface area (Å²) in [6, 6.07) is 79.7. The normalized spacial score (nSPS) is 12.0. The van der Waals surface area contributed by atoms with Crippen molar-refractivity contribution in [2.24, 2.45) is 0 Å². The number of rotatable bonds is 6. The number of hydrogen-bond acceptors (Lipinski definition) is 4. The van der Waals surface area contributed by atoms with Gasteiger partial charge in [-0.25, -0.2) is 15.0 Å². The topological polar surface area (TPSA) is 66.6 Å². The molecule has 15 aromatic rings. The van der Waals surface area contributed by atoms with Crippen molar-refractivity contribution in [2.75, 3.05) is 0 Å². The molecule has 0 spiro atoms. The van der Waals surface area contributed by atoms with E-state index in [0.29, 0.717) is 17.5 Å². The van der Waals surface area contributed by atoms with Crippen LogP contribution in [0.1, 0.15) is 5.56 Å². The number of hydrogen-bond donors (Lipinski definition) is 0. The molecule has 15 rings (SSSR count). The third kappa shape index (κ3) is 5.87. The molecule has 0 fully saturated rings. The van der Waals surface area contributed by atoms with E-state index in [0.717, 1.165) is 94.1 Å². The van der Waals surface area contributed by atoms with Gasteiger partial charge in [0.1, 0.15) is 11.2 Å². The fourth-order valence-electron chi connectivity index (χ4n) is 11.3. The summed E-state index contributed by atoms with van der Waals surface area (Å²) >= 11 is 0. The Bertz CT molecular complexity index is 4530. The molecule has 7 heteroatoms. The molecule has 5 heterocycles. The quantitative estimate of drug-likeness (QED) is 0.167. The average molecular weight is 909 g/mol. The van der Waals surface area contributed by atoms with E-state index in [9.17, 15) is 0 Å². The van der Waals surface area contributed by atoms with Gasteiger partial charge in [0, 0.05) is 60.2 Å². The number of aromatic nitrogens is 6. The molecule has 0 unspecified atom stereocenters. The molecular formula is C64H40N6O. The molecule has 0 amide bonds. The molecule has 0 bridgehead atoms. The molecule has 5 aromatic heterocycles. The second-order valence-electron chi connectivity index (χ2n) is 18.4. The van der Waals surface area contributed by atoms with E-state index >= 15 is 0 Å². The minimum Gasteiger partial charge on any atom is -0.455 e. The zero-order valence-electron chi connectivity index (χ0n) is 38.5. The van der Waals surface area contributed by atoms with Crippen LogP contribution in [0.15, 0.2) is 229 Å². The highest BCUT2D eigenvalue weighted by Gasteiger charge is 2.26. The Hall–Kier alpha value is -9.59. The van der Waals surface area contributed by atoms with Gasteiger partial charge in [-0.3, -0.25) is 0 Å². The van der Waals surface area contributed by atoms with Crippen LogP contribution in [0.25, 0.3) is 139 Å². The average Bonchev–Trinajstić information content (AvgIpc) is 4.17. The number of benzene rings is 10. The van der Waals surface area contributed by atoms with Gasteiger partial charge >= 0.3 is 0 Å². The first-order valence-electron chi connectivity index (χ1n) is 24.0. The molecule has 0 radical (unpaired) electrons. The molecule has 0 atom stereocenters. The lowest BCUT2D eigenvalue weighted by molar-refractivity contribution is 0.669. The van der Waals surface area contributed by atoms with Gasteiger partial charge in [-0.2, -0.15) is 0 Å². The van der Waals surface area contributed by atoms with Gasteiger partial charge in [0.15, 0.2) is 17.5 Å².